The van der Waals surface area contributed by atoms with Crippen molar-refractivity contribution in [1.29, 1.82) is 5.26 Å². The molecule has 1 aliphatic carbocycles. The summed E-state index contributed by atoms with van der Waals surface area (Å²) >= 11 is 0. The van der Waals surface area contributed by atoms with Crippen LogP contribution in [0.1, 0.15) is 46.5 Å². The first-order chi connectivity index (χ1) is 11.2. The molecule has 0 radical (unpaired) electrons. The summed E-state index contributed by atoms with van der Waals surface area (Å²) < 4.78 is 0. The van der Waals surface area contributed by atoms with Gasteiger partial charge in [-0.1, -0.05) is 20.8 Å². The molecule has 0 aromatic rings. The molecule has 0 aromatic heterocycles. The summed E-state index contributed by atoms with van der Waals surface area (Å²) in [5.74, 6) is -0.0402. The molecule has 1 unspecified atom stereocenters. The second kappa shape index (κ2) is 7.81. The molecule has 1 aliphatic heterocycles. The van der Waals surface area contributed by atoms with E-state index in [-0.39, 0.29) is 17.4 Å². The second-order valence-electron chi connectivity index (χ2n) is 8.41. The number of rotatable bonds is 5. The van der Waals surface area contributed by atoms with Gasteiger partial charge in [0.15, 0.2) is 0 Å². The summed E-state index contributed by atoms with van der Waals surface area (Å²) in [5.41, 5.74) is -0.736. The summed E-state index contributed by atoms with van der Waals surface area (Å²) in [6.07, 6.45) is 3.23. The van der Waals surface area contributed by atoms with Gasteiger partial charge in [-0.25, -0.2) is 0 Å². The van der Waals surface area contributed by atoms with Gasteiger partial charge in [-0.2, -0.15) is 5.26 Å². The summed E-state index contributed by atoms with van der Waals surface area (Å²) in [4.78, 5) is 16.7. The van der Waals surface area contributed by atoms with Gasteiger partial charge in [0.25, 0.3) is 0 Å². The van der Waals surface area contributed by atoms with Gasteiger partial charge >= 0.3 is 0 Å². The predicted octanol–water partition coefficient (Wildman–Crippen LogP) is 0.964. The highest BCUT2D eigenvalue weighted by Crippen LogP contribution is 2.28. The van der Waals surface area contributed by atoms with E-state index in [1.807, 2.05) is 20.8 Å². The number of aliphatic hydroxyl groups excluding tert-OH is 1. The van der Waals surface area contributed by atoms with Crippen molar-refractivity contribution in [1.82, 2.24) is 15.1 Å². The standard InChI is InChI=1S/C18H32N4O2/c1-17(2,3)15(23)12-21-8-10-22(11-9-21)13-16(24)20-18(14-19)6-4-5-7-18/h15,23H,4-13H2,1-3H3,(H,20,24). The summed E-state index contributed by atoms with van der Waals surface area (Å²) in [6, 6.07) is 2.30. The number of nitriles is 1. The number of nitrogens with zero attached hydrogens (tertiary/aromatic N) is 3. The van der Waals surface area contributed by atoms with Crippen LogP contribution in [0.15, 0.2) is 0 Å². The van der Waals surface area contributed by atoms with E-state index in [0.29, 0.717) is 13.1 Å². The molecule has 136 valence electrons. The molecule has 2 N–H and O–H groups in total. The predicted molar refractivity (Wildman–Crippen MR) is 93.3 cm³/mol. The lowest BCUT2D eigenvalue weighted by Crippen LogP contribution is -2.54. The Kier molecular flexibility index (Phi) is 6.24. The molecule has 1 amide bonds. The van der Waals surface area contributed by atoms with Gasteiger partial charge in [-0.05, 0) is 31.1 Å². The third-order valence-corrected chi connectivity index (χ3v) is 5.31. The number of nitrogens with one attached hydrogen (secondary N) is 1. The van der Waals surface area contributed by atoms with Gasteiger partial charge in [0.2, 0.25) is 5.91 Å². The van der Waals surface area contributed by atoms with Crippen molar-refractivity contribution >= 4 is 5.91 Å². The Labute approximate surface area is 145 Å². The zero-order chi connectivity index (χ0) is 17.8. The first kappa shape index (κ1) is 19.2. The van der Waals surface area contributed by atoms with E-state index in [0.717, 1.165) is 51.9 Å². The highest BCUT2D eigenvalue weighted by atomic mass is 16.3. The van der Waals surface area contributed by atoms with Crippen molar-refractivity contribution < 1.29 is 9.90 Å². The minimum atomic E-state index is -0.629. The van der Waals surface area contributed by atoms with Crippen LogP contribution in [0.3, 0.4) is 0 Å². The number of piperazine rings is 1. The molecule has 24 heavy (non-hydrogen) atoms. The van der Waals surface area contributed by atoms with E-state index >= 15 is 0 Å². The molecule has 2 rings (SSSR count). The third kappa shape index (κ3) is 5.17. The number of β-amino-alcohol motifs (C(OH)–C–C–N with tert-alkyl or cyclic N) is 1. The van der Waals surface area contributed by atoms with Crippen LogP contribution >= 0.6 is 0 Å². The molecule has 1 saturated carbocycles. The molecule has 2 fully saturated rings. The molecular formula is C18H32N4O2. The molecular weight excluding hydrogens is 304 g/mol. The van der Waals surface area contributed by atoms with Crippen LogP contribution in [-0.4, -0.2) is 71.7 Å². The number of aliphatic hydroxyl groups is 1. The molecule has 0 bridgehead atoms. The van der Waals surface area contributed by atoms with Gasteiger partial charge in [0, 0.05) is 32.7 Å². The average molecular weight is 336 g/mol. The van der Waals surface area contributed by atoms with Crippen LogP contribution in [0.4, 0.5) is 0 Å². The average Bonchev–Trinajstić information content (AvgIpc) is 2.97. The zero-order valence-electron chi connectivity index (χ0n) is 15.3. The molecule has 1 saturated heterocycles. The molecule has 0 aromatic carbocycles. The molecule has 0 spiro atoms. The number of carbonyl (C=O) groups is 1. The van der Waals surface area contributed by atoms with Crippen molar-refractivity contribution in [3.8, 4) is 6.07 Å². The maximum Gasteiger partial charge on any atom is 0.235 e. The van der Waals surface area contributed by atoms with Crippen LogP contribution in [0.2, 0.25) is 0 Å². The number of carbonyl (C=O) groups excluding carboxylic acids is 1. The fourth-order valence-corrected chi connectivity index (χ4v) is 3.40. The minimum Gasteiger partial charge on any atom is -0.391 e. The largest absolute Gasteiger partial charge is 0.391 e. The fourth-order valence-electron chi connectivity index (χ4n) is 3.40. The van der Waals surface area contributed by atoms with Crippen molar-refractivity contribution in [2.45, 2.75) is 58.1 Å². The summed E-state index contributed by atoms with van der Waals surface area (Å²) in [5, 5.41) is 22.5. The lowest BCUT2D eigenvalue weighted by atomic mass is 9.89. The van der Waals surface area contributed by atoms with Crippen LogP contribution in [0.5, 0.6) is 0 Å². The third-order valence-electron chi connectivity index (χ3n) is 5.31. The highest BCUT2D eigenvalue weighted by Gasteiger charge is 2.35. The molecule has 2 aliphatic rings. The van der Waals surface area contributed by atoms with Gasteiger partial charge in [0.05, 0.1) is 18.7 Å². The Balaban J connectivity index is 1.73. The minimum absolute atomic E-state index is 0.0402. The molecule has 6 heteroatoms. The van der Waals surface area contributed by atoms with E-state index in [1.165, 1.54) is 0 Å². The Hall–Kier alpha value is -1.16. The smallest absolute Gasteiger partial charge is 0.235 e. The Morgan fingerprint density at radius 1 is 1.21 bits per heavy atom. The Morgan fingerprint density at radius 2 is 1.75 bits per heavy atom. The lowest BCUT2D eigenvalue weighted by molar-refractivity contribution is -0.124. The van der Waals surface area contributed by atoms with Crippen LogP contribution < -0.4 is 5.32 Å². The van der Waals surface area contributed by atoms with Crippen LogP contribution in [0, 0.1) is 16.7 Å². The maximum absolute atomic E-state index is 12.3. The normalized spacial score (nSPS) is 23.6. The quantitative estimate of drug-likeness (QED) is 0.782. The number of amides is 1. The van der Waals surface area contributed by atoms with E-state index in [2.05, 4.69) is 21.2 Å². The highest BCUT2D eigenvalue weighted by molar-refractivity contribution is 5.79. The molecule has 1 heterocycles. The Morgan fingerprint density at radius 3 is 2.25 bits per heavy atom. The van der Waals surface area contributed by atoms with E-state index in [9.17, 15) is 15.2 Å². The van der Waals surface area contributed by atoms with Crippen molar-refractivity contribution in [2.75, 3.05) is 39.3 Å². The van der Waals surface area contributed by atoms with Gasteiger partial charge in [-0.3, -0.25) is 14.6 Å². The summed E-state index contributed by atoms with van der Waals surface area (Å²) in [6.45, 7) is 10.6. The first-order valence-corrected chi connectivity index (χ1v) is 9.09. The van der Waals surface area contributed by atoms with E-state index in [4.69, 9.17) is 0 Å². The number of hydrogen-bond donors (Lipinski definition) is 2. The number of hydrogen-bond acceptors (Lipinski definition) is 5. The first-order valence-electron chi connectivity index (χ1n) is 9.09. The molecule has 1 atom stereocenters. The zero-order valence-corrected chi connectivity index (χ0v) is 15.3. The van der Waals surface area contributed by atoms with Crippen LogP contribution in [-0.2, 0) is 4.79 Å². The van der Waals surface area contributed by atoms with E-state index in [1.54, 1.807) is 0 Å². The maximum atomic E-state index is 12.3. The van der Waals surface area contributed by atoms with Gasteiger partial charge in [-0.15, -0.1) is 0 Å². The fraction of sp³-hybridized carbons (Fsp3) is 0.889. The molecule has 6 nitrogen and oxygen atoms in total. The Bertz CT molecular complexity index is 466. The van der Waals surface area contributed by atoms with Crippen molar-refractivity contribution in [2.24, 2.45) is 5.41 Å². The SMILES string of the molecule is CC(C)(C)C(O)CN1CCN(CC(=O)NC2(C#N)CCCC2)CC1. The van der Waals surface area contributed by atoms with Crippen molar-refractivity contribution in [3.05, 3.63) is 0 Å². The van der Waals surface area contributed by atoms with E-state index < -0.39 is 5.54 Å². The monoisotopic (exact) mass is 336 g/mol. The van der Waals surface area contributed by atoms with Crippen LogP contribution in [0.25, 0.3) is 0 Å². The topological polar surface area (TPSA) is 79.6 Å². The lowest BCUT2D eigenvalue weighted by Gasteiger charge is -2.38. The van der Waals surface area contributed by atoms with Gasteiger partial charge < -0.3 is 10.4 Å². The van der Waals surface area contributed by atoms with Crippen molar-refractivity contribution in [3.63, 3.8) is 0 Å². The second-order valence-corrected chi connectivity index (χ2v) is 8.41. The van der Waals surface area contributed by atoms with Gasteiger partial charge in [0.1, 0.15) is 5.54 Å². The summed E-state index contributed by atoms with van der Waals surface area (Å²) in [7, 11) is 0.